The van der Waals surface area contributed by atoms with Crippen molar-refractivity contribution in [2.24, 2.45) is 0 Å². The summed E-state index contributed by atoms with van der Waals surface area (Å²) < 4.78 is 11.9. The summed E-state index contributed by atoms with van der Waals surface area (Å²) in [7, 11) is 1.67. The monoisotopic (exact) mass is 372 g/mol. The van der Waals surface area contributed by atoms with E-state index in [1.165, 1.54) is 28.8 Å². The van der Waals surface area contributed by atoms with Crippen LogP contribution in [0.15, 0.2) is 53.4 Å². The highest BCUT2D eigenvalue weighted by Gasteiger charge is 2.50. The number of benzene rings is 2. The molecule has 1 unspecified atom stereocenters. The van der Waals surface area contributed by atoms with Crippen molar-refractivity contribution >= 4 is 29.3 Å². The number of hydrogen-bond donors (Lipinski definition) is 0. The lowest BCUT2D eigenvalue weighted by atomic mass is 10.1. The van der Waals surface area contributed by atoms with Crippen LogP contribution in [0, 0.1) is 5.82 Å². The molecule has 0 saturated carbocycles. The molecule has 0 bridgehead atoms. The minimum atomic E-state index is -1.22. The average Bonchev–Trinajstić information content (AvgIpc) is 2.64. The summed E-state index contributed by atoms with van der Waals surface area (Å²) in [5, 5.41) is 0. The van der Waals surface area contributed by atoms with Crippen LogP contribution >= 0.6 is 11.8 Å². The molecular weight excluding hydrogens is 351 g/mol. The van der Waals surface area contributed by atoms with Crippen molar-refractivity contribution in [3.63, 3.8) is 0 Å². The van der Waals surface area contributed by atoms with Crippen LogP contribution in [-0.4, -0.2) is 35.1 Å². The molecular formula is C20H21FN2O2S. The zero-order valence-corrected chi connectivity index (χ0v) is 15.8. The summed E-state index contributed by atoms with van der Waals surface area (Å²) in [4.78, 5) is 30.4. The second-order valence-corrected chi connectivity index (χ2v) is 7.90. The lowest BCUT2D eigenvalue weighted by Crippen LogP contribution is -2.56. The Hall–Kier alpha value is -2.34. The summed E-state index contributed by atoms with van der Waals surface area (Å²) in [5.74, 6) is -0.785. The molecule has 0 aliphatic carbocycles. The number of carbonyl (C=O) groups excluding carboxylic acids is 2. The molecule has 3 rings (SSSR count). The number of halogens is 1. The van der Waals surface area contributed by atoms with Gasteiger partial charge in [0.2, 0.25) is 5.91 Å². The maximum absolute atomic E-state index is 13.2. The molecule has 1 atom stereocenters. The van der Waals surface area contributed by atoms with Crippen LogP contribution in [0.2, 0.25) is 0 Å². The molecule has 1 aliphatic heterocycles. The van der Waals surface area contributed by atoms with E-state index in [0.717, 1.165) is 16.1 Å². The maximum atomic E-state index is 13.2. The van der Waals surface area contributed by atoms with Crippen LogP contribution in [0.4, 0.5) is 10.1 Å². The van der Waals surface area contributed by atoms with E-state index in [1.54, 1.807) is 31.0 Å². The molecule has 0 fully saturated rings. The van der Waals surface area contributed by atoms with Crippen LogP contribution in [0.1, 0.15) is 19.4 Å². The van der Waals surface area contributed by atoms with Crippen molar-refractivity contribution in [1.29, 1.82) is 0 Å². The van der Waals surface area contributed by atoms with Gasteiger partial charge in [-0.3, -0.25) is 9.59 Å². The van der Waals surface area contributed by atoms with Crippen molar-refractivity contribution in [2.45, 2.75) is 30.0 Å². The first kappa shape index (κ1) is 18.5. The summed E-state index contributed by atoms with van der Waals surface area (Å²) in [6.07, 6.45) is 0. The second kappa shape index (κ2) is 7.11. The summed E-state index contributed by atoms with van der Waals surface area (Å²) in [6.45, 7) is 4.40. The third-order valence-corrected chi connectivity index (χ3v) is 5.85. The highest BCUT2D eigenvalue weighted by atomic mass is 32.2. The van der Waals surface area contributed by atoms with E-state index < -0.39 is 4.75 Å². The minimum absolute atomic E-state index is 0.209. The van der Waals surface area contributed by atoms with Crippen molar-refractivity contribution in [1.82, 2.24) is 4.90 Å². The van der Waals surface area contributed by atoms with Gasteiger partial charge in [-0.25, -0.2) is 4.39 Å². The molecule has 6 heteroatoms. The van der Waals surface area contributed by atoms with Gasteiger partial charge in [0.15, 0.2) is 4.75 Å². The lowest BCUT2D eigenvalue weighted by molar-refractivity contribution is -0.137. The topological polar surface area (TPSA) is 40.6 Å². The Balaban J connectivity index is 1.87. The third kappa shape index (κ3) is 3.21. The van der Waals surface area contributed by atoms with Crippen LogP contribution in [0.3, 0.4) is 0 Å². The number of rotatable bonds is 4. The highest BCUT2D eigenvalue weighted by molar-refractivity contribution is 8.02. The van der Waals surface area contributed by atoms with E-state index in [0.29, 0.717) is 13.1 Å². The molecule has 0 radical (unpaired) electrons. The first-order valence-electron chi connectivity index (χ1n) is 8.47. The summed E-state index contributed by atoms with van der Waals surface area (Å²) in [6, 6.07) is 13.6. The molecule has 0 spiro atoms. The fraction of sp³-hybridized carbons (Fsp3) is 0.300. The molecule has 1 aliphatic rings. The normalized spacial score (nSPS) is 19.2. The predicted octanol–water partition coefficient (Wildman–Crippen LogP) is 3.70. The number of carbonyl (C=O) groups is 2. The molecule has 136 valence electrons. The third-order valence-electron chi connectivity index (χ3n) is 4.53. The Morgan fingerprint density at radius 3 is 2.50 bits per heavy atom. The first-order chi connectivity index (χ1) is 12.4. The predicted molar refractivity (Wildman–Crippen MR) is 102 cm³/mol. The molecule has 2 aromatic rings. The zero-order chi connectivity index (χ0) is 18.9. The smallest absolute Gasteiger partial charge is 0.252 e. The quantitative estimate of drug-likeness (QED) is 0.769. The van der Waals surface area contributed by atoms with Crippen molar-refractivity contribution in [2.75, 3.05) is 18.5 Å². The Morgan fingerprint density at radius 1 is 1.19 bits per heavy atom. The summed E-state index contributed by atoms with van der Waals surface area (Å²) >= 11 is 1.29. The van der Waals surface area contributed by atoms with E-state index in [2.05, 4.69) is 0 Å². The largest absolute Gasteiger partial charge is 0.340 e. The van der Waals surface area contributed by atoms with Crippen LogP contribution in [-0.2, 0) is 16.1 Å². The minimum Gasteiger partial charge on any atom is -0.340 e. The number of thioether (sulfide) groups is 1. The van der Waals surface area contributed by atoms with E-state index in [4.69, 9.17) is 0 Å². The number of amides is 2. The Morgan fingerprint density at radius 2 is 1.85 bits per heavy atom. The van der Waals surface area contributed by atoms with E-state index in [1.807, 2.05) is 31.2 Å². The van der Waals surface area contributed by atoms with Gasteiger partial charge in [0.25, 0.3) is 5.91 Å². The molecule has 2 amide bonds. The molecule has 26 heavy (non-hydrogen) atoms. The number of para-hydroxylation sites is 1. The van der Waals surface area contributed by atoms with Gasteiger partial charge in [0.05, 0.1) is 5.69 Å². The number of nitrogens with zero attached hydrogens (tertiary/aromatic N) is 2. The average molecular weight is 372 g/mol. The maximum Gasteiger partial charge on any atom is 0.252 e. The van der Waals surface area contributed by atoms with Gasteiger partial charge < -0.3 is 9.80 Å². The van der Waals surface area contributed by atoms with Crippen molar-refractivity contribution in [3.8, 4) is 0 Å². The second-order valence-electron chi connectivity index (χ2n) is 6.44. The van der Waals surface area contributed by atoms with Gasteiger partial charge in [-0.05, 0) is 43.7 Å². The molecule has 0 saturated heterocycles. The molecule has 2 aromatic carbocycles. The van der Waals surface area contributed by atoms with Gasteiger partial charge in [-0.2, -0.15) is 0 Å². The van der Waals surface area contributed by atoms with Crippen molar-refractivity contribution < 1.29 is 14.0 Å². The number of fused-ring (bicyclic) bond motifs is 1. The molecule has 4 nitrogen and oxygen atoms in total. The Bertz CT molecular complexity index is 840. The van der Waals surface area contributed by atoms with Crippen LogP contribution < -0.4 is 4.90 Å². The van der Waals surface area contributed by atoms with Gasteiger partial charge in [0, 0.05) is 25.0 Å². The molecule has 0 N–H and O–H groups in total. The fourth-order valence-corrected chi connectivity index (χ4v) is 4.46. The van der Waals surface area contributed by atoms with E-state index >= 15 is 0 Å². The van der Waals surface area contributed by atoms with Crippen molar-refractivity contribution in [3.05, 3.63) is 59.9 Å². The van der Waals surface area contributed by atoms with Gasteiger partial charge >= 0.3 is 0 Å². The van der Waals surface area contributed by atoms with Crippen LogP contribution in [0.25, 0.3) is 0 Å². The highest BCUT2D eigenvalue weighted by Crippen LogP contribution is 2.45. The molecule has 1 heterocycles. The Kier molecular flexibility index (Phi) is 5.05. The Labute approximate surface area is 157 Å². The number of anilines is 1. The standard InChI is InChI=1S/C20H21FN2O2S/c1-4-23-16-7-5-6-8-17(16)26-20(2,19(23)25)18(24)22(3)13-14-9-11-15(21)12-10-14/h5-12H,4,13H2,1-3H3. The van der Waals surface area contributed by atoms with Gasteiger partial charge in [-0.1, -0.05) is 36.0 Å². The lowest BCUT2D eigenvalue weighted by Gasteiger charge is -2.40. The number of hydrogen-bond acceptors (Lipinski definition) is 3. The van der Waals surface area contributed by atoms with Gasteiger partial charge in [-0.15, -0.1) is 0 Å². The van der Waals surface area contributed by atoms with Gasteiger partial charge in [0.1, 0.15) is 5.82 Å². The first-order valence-corrected chi connectivity index (χ1v) is 9.28. The van der Waals surface area contributed by atoms with E-state index in [9.17, 15) is 14.0 Å². The SMILES string of the molecule is CCN1C(=O)C(C)(C(=O)N(C)Cc2ccc(F)cc2)Sc2ccccc21. The van der Waals surface area contributed by atoms with Crippen LogP contribution in [0.5, 0.6) is 0 Å². The molecule has 0 aromatic heterocycles. The fourth-order valence-electron chi connectivity index (χ4n) is 3.15. The zero-order valence-electron chi connectivity index (χ0n) is 15.0. The summed E-state index contributed by atoms with van der Waals surface area (Å²) in [5.41, 5.74) is 1.66. The van der Waals surface area contributed by atoms with E-state index in [-0.39, 0.29) is 17.6 Å².